The van der Waals surface area contributed by atoms with E-state index in [2.05, 4.69) is 0 Å². The number of aromatic nitrogens is 2. The Labute approximate surface area is 201 Å². The molecule has 0 bridgehead atoms. The minimum absolute atomic E-state index is 0.0851. The number of allylic oxidation sites excluding steroid dienone is 1. The molecule has 1 aromatic heterocycles. The number of carbonyl (C=O) groups is 1. The number of nitro benzene ring substituents is 1. The highest BCUT2D eigenvalue weighted by Gasteiger charge is 2.17. The first kappa shape index (κ1) is 22.1. The molecule has 0 saturated carbocycles. The lowest BCUT2D eigenvalue weighted by Gasteiger charge is -2.18. The molecule has 5 rings (SSSR count). The Bertz CT molecular complexity index is 1460. The summed E-state index contributed by atoms with van der Waals surface area (Å²) in [6.07, 6.45) is 4.91. The van der Waals surface area contributed by atoms with Crippen molar-refractivity contribution < 1.29 is 19.2 Å². The second-order valence-electron chi connectivity index (χ2n) is 8.03. The van der Waals surface area contributed by atoms with Gasteiger partial charge in [-0.1, -0.05) is 30.3 Å². The molecule has 174 valence electrons. The lowest BCUT2D eigenvalue weighted by molar-refractivity contribution is -0.385. The number of benzene rings is 3. The van der Waals surface area contributed by atoms with Crippen molar-refractivity contribution in [3.8, 4) is 28.4 Å². The van der Waals surface area contributed by atoms with E-state index in [0.29, 0.717) is 41.5 Å². The summed E-state index contributed by atoms with van der Waals surface area (Å²) >= 11 is 0. The number of carbonyl (C=O) groups excluding carboxylic acids is 1. The van der Waals surface area contributed by atoms with E-state index in [1.165, 1.54) is 12.1 Å². The Morgan fingerprint density at radius 2 is 1.80 bits per heavy atom. The van der Waals surface area contributed by atoms with E-state index >= 15 is 0 Å². The van der Waals surface area contributed by atoms with Gasteiger partial charge in [0.2, 0.25) is 0 Å². The van der Waals surface area contributed by atoms with Crippen LogP contribution in [0.25, 0.3) is 23.0 Å². The van der Waals surface area contributed by atoms with E-state index in [9.17, 15) is 14.9 Å². The van der Waals surface area contributed by atoms with Gasteiger partial charge in [0.05, 0.1) is 10.6 Å². The van der Waals surface area contributed by atoms with Gasteiger partial charge in [-0.15, -0.1) is 0 Å². The molecule has 1 aliphatic heterocycles. The van der Waals surface area contributed by atoms with Crippen LogP contribution in [0.5, 0.6) is 11.5 Å². The van der Waals surface area contributed by atoms with Gasteiger partial charge in [0.15, 0.2) is 17.3 Å². The van der Waals surface area contributed by atoms with E-state index < -0.39 is 4.92 Å². The highest BCUT2D eigenvalue weighted by atomic mass is 16.6. The van der Waals surface area contributed by atoms with Gasteiger partial charge in [-0.25, -0.2) is 4.68 Å². The maximum Gasteiger partial charge on any atom is 0.273 e. The molecule has 8 nitrogen and oxygen atoms in total. The fourth-order valence-corrected chi connectivity index (χ4v) is 3.86. The van der Waals surface area contributed by atoms with Crippen molar-refractivity contribution in [3.05, 3.63) is 106 Å². The minimum Gasteiger partial charge on any atom is -0.486 e. The van der Waals surface area contributed by atoms with Crippen molar-refractivity contribution in [2.75, 3.05) is 13.2 Å². The van der Waals surface area contributed by atoms with E-state index in [4.69, 9.17) is 14.6 Å². The van der Waals surface area contributed by atoms with Gasteiger partial charge in [0.25, 0.3) is 5.69 Å². The van der Waals surface area contributed by atoms with E-state index in [1.807, 2.05) is 54.7 Å². The quantitative estimate of drug-likeness (QED) is 0.163. The van der Waals surface area contributed by atoms with Crippen molar-refractivity contribution in [1.82, 2.24) is 9.78 Å². The lowest BCUT2D eigenvalue weighted by Crippen LogP contribution is -2.15. The molecule has 2 heterocycles. The highest BCUT2D eigenvalue weighted by Crippen LogP contribution is 2.35. The SMILES string of the molecule is Cc1ccc(C(=O)C=Cc2cn(-c3ccccc3)nc2-c2ccc3c(c2)OCCO3)cc1[N+](=O)[O-]. The molecule has 0 unspecified atom stereocenters. The number of fused-ring (bicyclic) bond motifs is 1. The number of hydrogen-bond donors (Lipinski definition) is 0. The standard InChI is InChI=1S/C27H21N3O5/c1-18-7-8-19(15-23(18)30(32)33)24(31)11-9-21-17-29(22-5-3-2-4-6-22)28-27(21)20-10-12-25-26(16-20)35-14-13-34-25/h2-12,15-17H,13-14H2,1H3. The maximum absolute atomic E-state index is 12.8. The number of para-hydroxylation sites is 1. The molecule has 0 radical (unpaired) electrons. The summed E-state index contributed by atoms with van der Waals surface area (Å²) in [4.78, 5) is 23.6. The third kappa shape index (κ3) is 4.54. The Morgan fingerprint density at radius 3 is 2.57 bits per heavy atom. The third-order valence-corrected chi connectivity index (χ3v) is 5.68. The molecule has 0 spiro atoms. The zero-order valence-corrected chi connectivity index (χ0v) is 18.9. The van der Waals surface area contributed by atoms with Crippen molar-refractivity contribution in [1.29, 1.82) is 0 Å². The normalized spacial score (nSPS) is 12.6. The second kappa shape index (κ2) is 9.26. The Balaban J connectivity index is 1.53. The van der Waals surface area contributed by atoms with Crippen LogP contribution in [0.4, 0.5) is 5.69 Å². The molecule has 3 aromatic carbocycles. The fraction of sp³-hybridized carbons (Fsp3) is 0.111. The molecular weight excluding hydrogens is 446 g/mol. The molecule has 0 fully saturated rings. The molecule has 0 N–H and O–H groups in total. The minimum atomic E-state index is -0.486. The van der Waals surface area contributed by atoms with Crippen molar-refractivity contribution in [2.24, 2.45) is 0 Å². The van der Waals surface area contributed by atoms with Crippen LogP contribution in [0.2, 0.25) is 0 Å². The van der Waals surface area contributed by atoms with Crippen molar-refractivity contribution >= 4 is 17.5 Å². The molecule has 35 heavy (non-hydrogen) atoms. The van der Waals surface area contributed by atoms with Gasteiger partial charge in [-0.05, 0) is 49.4 Å². The molecule has 0 aliphatic carbocycles. The first-order valence-corrected chi connectivity index (χ1v) is 11.0. The number of ketones is 1. The average molecular weight is 467 g/mol. The van der Waals surface area contributed by atoms with Gasteiger partial charge < -0.3 is 9.47 Å². The molecule has 0 atom stereocenters. The van der Waals surface area contributed by atoms with Gasteiger partial charge >= 0.3 is 0 Å². The monoisotopic (exact) mass is 467 g/mol. The molecular formula is C27H21N3O5. The Kier molecular flexibility index (Phi) is 5.85. The van der Waals surface area contributed by atoms with E-state index in [0.717, 1.165) is 11.3 Å². The number of ether oxygens (including phenoxy) is 2. The van der Waals surface area contributed by atoms with Crippen LogP contribution in [-0.4, -0.2) is 33.7 Å². The molecule has 0 amide bonds. The van der Waals surface area contributed by atoms with Gasteiger partial charge in [0.1, 0.15) is 18.9 Å². The first-order valence-electron chi connectivity index (χ1n) is 11.0. The molecule has 4 aromatic rings. The summed E-state index contributed by atoms with van der Waals surface area (Å²) in [5.74, 6) is 0.977. The van der Waals surface area contributed by atoms with Crippen LogP contribution in [-0.2, 0) is 0 Å². The fourth-order valence-electron chi connectivity index (χ4n) is 3.86. The molecule has 1 aliphatic rings. The highest BCUT2D eigenvalue weighted by molar-refractivity contribution is 6.07. The van der Waals surface area contributed by atoms with Crippen LogP contribution in [0.3, 0.4) is 0 Å². The Hall–Kier alpha value is -4.72. The van der Waals surface area contributed by atoms with Crippen LogP contribution in [0, 0.1) is 17.0 Å². The largest absolute Gasteiger partial charge is 0.486 e. The zero-order valence-electron chi connectivity index (χ0n) is 18.9. The number of rotatable bonds is 6. The third-order valence-electron chi connectivity index (χ3n) is 5.68. The first-order chi connectivity index (χ1) is 17.0. The van der Waals surface area contributed by atoms with Crippen molar-refractivity contribution in [2.45, 2.75) is 6.92 Å². The van der Waals surface area contributed by atoms with Gasteiger partial charge in [0, 0.05) is 34.5 Å². The maximum atomic E-state index is 12.8. The average Bonchev–Trinajstić information content (AvgIpc) is 3.32. The van der Waals surface area contributed by atoms with Crippen LogP contribution in [0.15, 0.2) is 79.0 Å². The number of nitrogens with zero attached hydrogens (tertiary/aromatic N) is 3. The molecule has 0 saturated heterocycles. The van der Waals surface area contributed by atoms with E-state index in [1.54, 1.807) is 29.8 Å². The summed E-state index contributed by atoms with van der Waals surface area (Å²) in [6, 6.07) is 19.7. The van der Waals surface area contributed by atoms with Crippen LogP contribution < -0.4 is 9.47 Å². The summed E-state index contributed by atoms with van der Waals surface area (Å²) in [7, 11) is 0. The topological polar surface area (TPSA) is 96.5 Å². The Morgan fingerprint density at radius 1 is 1.03 bits per heavy atom. The van der Waals surface area contributed by atoms with E-state index in [-0.39, 0.29) is 17.0 Å². The van der Waals surface area contributed by atoms with Crippen LogP contribution >= 0.6 is 0 Å². The summed E-state index contributed by atoms with van der Waals surface area (Å²) < 4.78 is 13.1. The van der Waals surface area contributed by atoms with Gasteiger partial charge in [-0.3, -0.25) is 14.9 Å². The number of nitro groups is 1. The van der Waals surface area contributed by atoms with Crippen LogP contribution in [0.1, 0.15) is 21.5 Å². The van der Waals surface area contributed by atoms with Crippen molar-refractivity contribution in [3.63, 3.8) is 0 Å². The second-order valence-corrected chi connectivity index (χ2v) is 8.03. The smallest absolute Gasteiger partial charge is 0.273 e. The summed E-state index contributed by atoms with van der Waals surface area (Å²) in [6.45, 7) is 2.61. The predicted molar refractivity (Wildman–Crippen MR) is 131 cm³/mol. The number of aryl methyl sites for hydroxylation is 1. The number of hydrogen-bond acceptors (Lipinski definition) is 6. The molecule has 8 heteroatoms. The lowest BCUT2D eigenvalue weighted by atomic mass is 10.0. The zero-order chi connectivity index (χ0) is 24.4. The predicted octanol–water partition coefficient (Wildman–Crippen LogP) is 5.42. The summed E-state index contributed by atoms with van der Waals surface area (Å²) in [5.41, 5.74) is 3.70. The summed E-state index contributed by atoms with van der Waals surface area (Å²) in [5, 5.41) is 16.0. The van der Waals surface area contributed by atoms with Gasteiger partial charge in [-0.2, -0.15) is 5.10 Å².